The van der Waals surface area contributed by atoms with Crippen LogP contribution in [0.25, 0.3) is 160 Å². The van der Waals surface area contributed by atoms with Gasteiger partial charge in [-0.2, -0.15) is 0 Å². The van der Waals surface area contributed by atoms with E-state index in [1.807, 2.05) is 42.5 Å². The van der Waals surface area contributed by atoms with Crippen molar-refractivity contribution in [3.63, 3.8) is 0 Å². The highest BCUT2D eigenvalue weighted by Crippen LogP contribution is 2.50. The zero-order valence-corrected chi connectivity index (χ0v) is 46.1. The molecule has 17 aromatic rings. The number of carbonyl (C=O) groups is 2. The number of fused-ring (bicyclic) bond motifs is 18. The summed E-state index contributed by atoms with van der Waals surface area (Å²) in [5.41, 5.74) is 23.8. The third-order valence-corrected chi connectivity index (χ3v) is 18.7. The topological polar surface area (TPSA) is 64.7 Å². The van der Waals surface area contributed by atoms with Crippen LogP contribution in [0.5, 0.6) is 0 Å². The highest BCUT2D eigenvalue weighted by atomic mass is 16.1. The summed E-state index contributed by atoms with van der Waals surface area (Å²) in [4.78, 5) is 33.4. The molecule has 19 rings (SSSR count). The Morgan fingerprint density at radius 1 is 0.233 bits per heavy atom. The summed E-state index contributed by atoms with van der Waals surface area (Å²) in [5, 5.41) is 9.26. The van der Waals surface area contributed by atoms with Gasteiger partial charge in [-0.05, 0) is 129 Å². The molecule has 1 N–H and O–H groups in total. The van der Waals surface area contributed by atoms with Crippen molar-refractivity contribution in [2.45, 2.75) is 0 Å². The SMILES string of the molecule is O=C1c2ccccc2-c2cccc(-c3ccc(-c4ccc(-n5c6ccccc6c6cc7c(cc65)c5ccccc5n7-c5ccccc5)cc4-n4c5ccccc5c5cc6[nH]c7ccccc7c6cc54)c(-c4cccc5c4C(=O)c4ccccc4-5)c3)c21. The van der Waals surface area contributed by atoms with Crippen LogP contribution in [0, 0.1) is 0 Å². The van der Waals surface area contributed by atoms with Crippen molar-refractivity contribution in [3.05, 3.63) is 295 Å². The number of para-hydroxylation sites is 5. The van der Waals surface area contributed by atoms with Crippen LogP contribution in [0.1, 0.15) is 31.8 Å². The molecule has 2 aliphatic carbocycles. The Bertz CT molecular complexity index is 5890. The molecule has 0 bridgehead atoms. The van der Waals surface area contributed by atoms with Crippen LogP contribution in [-0.4, -0.2) is 30.3 Å². The minimum atomic E-state index is 0.00172. The fraction of sp³-hybridized carbons (Fsp3) is 0. The lowest BCUT2D eigenvalue weighted by Gasteiger charge is -2.21. The first-order chi connectivity index (χ1) is 42.5. The van der Waals surface area contributed by atoms with Crippen molar-refractivity contribution < 1.29 is 9.59 Å². The van der Waals surface area contributed by atoms with E-state index in [9.17, 15) is 4.79 Å². The number of nitrogens with one attached hydrogen (secondary N) is 1. The molecule has 4 heterocycles. The van der Waals surface area contributed by atoms with Crippen molar-refractivity contribution in [1.29, 1.82) is 0 Å². The first kappa shape index (κ1) is 46.9. The standard InChI is InChI=1S/C80H46N4O2/c85-79-61-26-6-4-20-50(61)58-29-16-28-49(77(58)79)46-36-38-52(63(40-46)60-31-17-30-59-51-21-5-7-27-62(51)80(86)78(59)60)57-39-37-48(41-73(57)84-72-35-15-11-23-54(72)65-42-69-64(43-76(65)84)53-22-8-12-32-68(53)81-69)83-71-34-14-10-25-56(71)67-44-74-66(45-75(67)83)55-24-9-13-33-70(55)82(74)47-18-2-1-3-19-47/h1-45,81H. The molecule has 0 atom stereocenters. The van der Waals surface area contributed by atoms with Crippen LogP contribution in [-0.2, 0) is 0 Å². The molecule has 0 radical (unpaired) electrons. The molecule has 398 valence electrons. The highest BCUT2D eigenvalue weighted by molar-refractivity contribution is 6.27. The molecular formula is C80H46N4O2. The van der Waals surface area contributed by atoms with Crippen LogP contribution in [0.4, 0.5) is 0 Å². The van der Waals surface area contributed by atoms with Gasteiger partial charge in [0, 0.05) is 93.3 Å². The molecule has 6 heteroatoms. The van der Waals surface area contributed by atoms with Gasteiger partial charge in [0.2, 0.25) is 0 Å². The molecule has 0 amide bonds. The van der Waals surface area contributed by atoms with Crippen molar-refractivity contribution in [2.24, 2.45) is 0 Å². The Kier molecular flexibility index (Phi) is 9.54. The third-order valence-electron chi connectivity index (χ3n) is 18.7. The van der Waals surface area contributed by atoms with Gasteiger partial charge in [0.25, 0.3) is 0 Å². The maximum atomic E-state index is 15.1. The normalized spacial score (nSPS) is 12.7. The Hall–Kier alpha value is -11.6. The second-order valence-corrected chi connectivity index (χ2v) is 23.0. The monoisotopic (exact) mass is 1090 g/mol. The van der Waals surface area contributed by atoms with Gasteiger partial charge in [0.05, 0.1) is 38.8 Å². The molecule has 2 aliphatic rings. The Balaban J connectivity index is 0.927. The summed E-state index contributed by atoms with van der Waals surface area (Å²) in [5.74, 6) is 0.0196. The number of H-pyrrole nitrogens is 1. The quantitative estimate of drug-likeness (QED) is 0.180. The zero-order chi connectivity index (χ0) is 56.5. The Morgan fingerprint density at radius 2 is 0.674 bits per heavy atom. The molecule has 86 heavy (non-hydrogen) atoms. The van der Waals surface area contributed by atoms with Crippen molar-refractivity contribution >= 4 is 98.8 Å². The van der Waals surface area contributed by atoms with Gasteiger partial charge >= 0.3 is 0 Å². The summed E-state index contributed by atoms with van der Waals surface area (Å²) in [6.07, 6.45) is 0. The lowest BCUT2D eigenvalue weighted by Crippen LogP contribution is -2.03. The van der Waals surface area contributed by atoms with E-state index in [0.717, 1.165) is 149 Å². The first-order valence-electron chi connectivity index (χ1n) is 29.3. The number of ketones is 2. The van der Waals surface area contributed by atoms with E-state index >= 15 is 4.79 Å². The van der Waals surface area contributed by atoms with Crippen molar-refractivity contribution in [2.75, 3.05) is 0 Å². The molecule has 0 saturated heterocycles. The zero-order valence-electron chi connectivity index (χ0n) is 46.1. The van der Waals surface area contributed by atoms with Crippen LogP contribution >= 0.6 is 0 Å². The Labute approximate surface area is 492 Å². The van der Waals surface area contributed by atoms with Gasteiger partial charge < -0.3 is 18.7 Å². The molecular weight excluding hydrogens is 1050 g/mol. The average molecular weight is 1100 g/mol. The minimum absolute atomic E-state index is 0.00172. The van der Waals surface area contributed by atoms with Crippen LogP contribution < -0.4 is 0 Å². The second kappa shape index (κ2) is 17.5. The summed E-state index contributed by atoms with van der Waals surface area (Å²) in [6.45, 7) is 0. The number of aromatic amines is 1. The van der Waals surface area contributed by atoms with E-state index < -0.39 is 0 Å². The van der Waals surface area contributed by atoms with Gasteiger partial charge in [0.15, 0.2) is 11.6 Å². The summed E-state index contributed by atoms with van der Waals surface area (Å²) >= 11 is 0. The van der Waals surface area contributed by atoms with Gasteiger partial charge in [-0.15, -0.1) is 0 Å². The summed E-state index contributed by atoms with van der Waals surface area (Å²) in [7, 11) is 0. The average Bonchev–Trinajstić information content (AvgIpc) is 2.27. The lowest BCUT2D eigenvalue weighted by molar-refractivity contribution is 0.103. The molecule has 0 fully saturated rings. The summed E-state index contributed by atoms with van der Waals surface area (Å²) < 4.78 is 7.32. The Morgan fingerprint density at radius 3 is 1.31 bits per heavy atom. The van der Waals surface area contributed by atoms with Gasteiger partial charge in [-0.3, -0.25) is 9.59 Å². The number of benzene rings is 13. The molecule has 4 aromatic heterocycles. The minimum Gasteiger partial charge on any atom is -0.354 e. The predicted molar refractivity (Wildman–Crippen MR) is 353 cm³/mol. The van der Waals surface area contributed by atoms with E-state index in [-0.39, 0.29) is 11.6 Å². The van der Waals surface area contributed by atoms with Gasteiger partial charge in [-0.1, -0.05) is 194 Å². The number of rotatable bonds is 6. The van der Waals surface area contributed by atoms with Crippen LogP contribution in [0.15, 0.2) is 273 Å². The van der Waals surface area contributed by atoms with E-state index in [2.05, 4.69) is 249 Å². The summed E-state index contributed by atoms with van der Waals surface area (Å²) in [6, 6.07) is 97.0. The molecule has 0 saturated carbocycles. The number of hydrogen-bond donors (Lipinski definition) is 1. The number of hydrogen-bond acceptors (Lipinski definition) is 2. The van der Waals surface area contributed by atoms with Crippen molar-refractivity contribution in [1.82, 2.24) is 18.7 Å². The number of carbonyl (C=O) groups excluding carboxylic acids is 2. The molecule has 0 unspecified atom stereocenters. The largest absolute Gasteiger partial charge is 0.354 e. The van der Waals surface area contributed by atoms with Crippen molar-refractivity contribution in [3.8, 4) is 72.7 Å². The van der Waals surface area contributed by atoms with Gasteiger partial charge in [-0.25, -0.2) is 0 Å². The van der Waals surface area contributed by atoms with Crippen LogP contribution in [0.3, 0.4) is 0 Å². The highest BCUT2D eigenvalue weighted by Gasteiger charge is 2.33. The molecule has 13 aromatic carbocycles. The van der Waals surface area contributed by atoms with Crippen LogP contribution in [0.2, 0.25) is 0 Å². The predicted octanol–water partition coefficient (Wildman–Crippen LogP) is 20.0. The molecule has 0 aliphatic heterocycles. The molecule has 0 spiro atoms. The fourth-order valence-corrected chi connectivity index (χ4v) is 15.0. The number of nitrogens with zero attached hydrogens (tertiary/aromatic N) is 3. The van der Waals surface area contributed by atoms with E-state index in [4.69, 9.17) is 0 Å². The smallest absolute Gasteiger partial charge is 0.194 e. The molecule has 6 nitrogen and oxygen atoms in total. The maximum absolute atomic E-state index is 15.1. The van der Waals surface area contributed by atoms with Gasteiger partial charge in [0.1, 0.15) is 0 Å². The van der Waals surface area contributed by atoms with E-state index in [1.165, 1.54) is 10.8 Å². The second-order valence-electron chi connectivity index (χ2n) is 23.0. The van der Waals surface area contributed by atoms with E-state index in [0.29, 0.717) is 22.3 Å². The fourth-order valence-electron chi connectivity index (χ4n) is 15.0. The lowest BCUT2D eigenvalue weighted by atomic mass is 9.85. The number of aromatic nitrogens is 4. The third kappa shape index (κ3) is 6.39. The maximum Gasteiger partial charge on any atom is 0.194 e. The van der Waals surface area contributed by atoms with E-state index in [1.54, 1.807) is 0 Å². The first-order valence-corrected chi connectivity index (χ1v) is 29.3.